The molecule has 0 bridgehead atoms. The number of aliphatic imine (C=N–C) groups is 1. The highest BCUT2D eigenvalue weighted by Crippen LogP contribution is 2.20. The molecule has 17 heavy (non-hydrogen) atoms. The fourth-order valence-electron chi connectivity index (χ4n) is 2.43. The first-order valence-corrected chi connectivity index (χ1v) is 6.49. The number of likely N-dealkylation sites (N-methyl/N-ethyl adjacent to an activating group) is 1. The van der Waals surface area contributed by atoms with Crippen LogP contribution in [0.2, 0.25) is 0 Å². The van der Waals surface area contributed by atoms with E-state index in [9.17, 15) is 4.79 Å². The van der Waals surface area contributed by atoms with Gasteiger partial charge in [-0.15, -0.1) is 0 Å². The number of nitrogens with two attached hydrogens (primary N) is 1. The number of carbonyl (C=O) groups excluding carboxylic acids is 1. The van der Waals surface area contributed by atoms with Gasteiger partial charge in [-0.05, 0) is 12.8 Å². The standard InChI is InChI=1S/C12H22N4O/c1-15-7-8-16(9-11(15)17)12(13)14-10-5-3-2-4-6-10/h10H,2-9H2,1H3,(H2,13,14). The molecular weight excluding hydrogens is 216 g/mol. The summed E-state index contributed by atoms with van der Waals surface area (Å²) in [5.41, 5.74) is 5.99. The normalized spacial score (nSPS) is 24.3. The minimum atomic E-state index is 0.123. The number of nitrogens with zero attached hydrogens (tertiary/aromatic N) is 3. The molecule has 2 rings (SSSR count). The fraction of sp³-hybridized carbons (Fsp3) is 0.833. The molecule has 5 heteroatoms. The average Bonchev–Trinajstić information content (AvgIpc) is 2.34. The van der Waals surface area contributed by atoms with Crippen LogP contribution in [0.15, 0.2) is 4.99 Å². The van der Waals surface area contributed by atoms with E-state index in [-0.39, 0.29) is 5.91 Å². The van der Waals surface area contributed by atoms with Gasteiger partial charge in [-0.1, -0.05) is 19.3 Å². The maximum atomic E-state index is 11.6. The minimum Gasteiger partial charge on any atom is -0.370 e. The molecule has 96 valence electrons. The van der Waals surface area contributed by atoms with E-state index in [4.69, 9.17) is 5.73 Å². The highest BCUT2D eigenvalue weighted by atomic mass is 16.2. The van der Waals surface area contributed by atoms with E-state index in [2.05, 4.69) is 4.99 Å². The Hall–Kier alpha value is -1.26. The molecule has 1 amide bonds. The van der Waals surface area contributed by atoms with Crippen LogP contribution in [0, 0.1) is 0 Å². The molecular formula is C12H22N4O. The lowest BCUT2D eigenvalue weighted by molar-refractivity contribution is -0.132. The Morgan fingerprint density at radius 1 is 1.29 bits per heavy atom. The third kappa shape index (κ3) is 3.11. The summed E-state index contributed by atoms with van der Waals surface area (Å²) in [6, 6.07) is 0.374. The molecule has 1 aliphatic carbocycles. The van der Waals surface area contributed by atoms with Crippen molar-refractivity contribution in [3.05, 3.63) is 0 Å². The van der Waals surface area contributed by atoms with E-state index in [0.717, 1.165) is 25.9 Å². The molecule has 1 saturated heterocycles. The maximum absolute atomic E-state index is 11.6. The van der Waals surface area contributed by atoms with E-state index in [0.29, 0.717) is 18.5 Å². The van der Waals surface area contributed by atoms with Crippen molar-refractivity contribution in [2.24, 2.45) is 10.7 Å². The molecule has 0 spiro atoms. The Bertz CT molecular complexity index is 310. The predicted octanol–water partition coefficient (Wildman–Crippen LogP) is 0.408. The Kier molecular flexibility index (Phi) is 3.86. The number of rotatable bonds is 1. The lowest BCUT2D eigenvalue weighted by Gasteiger charge is -2.33. The van der Waals surface area contributed by atoms with Gasteiger partial charge in [0.1, 0.15) is 0 Å². The van der Waals surface area contributed by atoms with Crippen LogP contribution in [-0.2, 0) is 4.79 Å². The van der Waals surface area contributed by atoms with Gasteiger partial charge in [0.15, 0.2) is 5.96 Å². The van der Waals surface area contributed by atoms with Crippen molar-refractivity contribution in [2.45, 2.75) is 38.1 Å². The van der Waals surface area contributed by atoms with Crippen molar-refractivity contribution in [2.75, 3.05) is 26.7 Å². The molecule has 0 aromatic rings. The third-order valence-electron chi connectivity index (χ3n) is 3.67. The zero-order valence-corrected chi connectivity index (χ0v) is 10.6. The monoisotopic (exact) mass is 238 g/mol. The van der Waals surface area contributed by atoms with Gasteiger partial charge in [-0.3, -0.25) is 4.79 Å². The van der Waals surface area contributed by atoms with Gasteiger partial charge < -0.3 is 15.5 Å². The Morgan fingerprint density at radius 2 is 2.00 bits per heavy atom. The summed E-state index contributed by atoms with van der Waals surface area (Å²) in [5, 5.41) is 0. The van der Waals surface area contributed by atoms with E-state index >= 15 is 0 Å². The van der Waals surface area contributed by atoms with Crippen molar-refractivity contribution in [1.82, 2.24) is 9.80 Å². The highest BCUT2D eigenvalue weighted by Gasteiger charge is 2.23. The molecule has 1 saturated carbocycles. The highest BCUT2D eigenvalue weighted by molar-refractivity contribution is 5.86. The topological polar surface area (TPSA) is 61.9 Å². The molecule has 0 atom stereocenters. The van der Waals surface area contributed by atoms with Gasteiger partial charge >= 0.3 is 0 Å². The van der Waals surface area contributed by atoms with Crippen molar-refractivity contribution in [3.63, 3.8) is 0 Å². The Balaban J connectivity index is 1.92. The number of carbonyl (C=O) groups is 1. The molecule has 2 aliphatic rings. The SMILES string of the molecule is CN1CCN(C(N)=NC2CCCCC2)CC1=O. The van der Waals surface area contributed by atoms with Crippen molar-refractivity contribution >= 4 is 11.9 Å². The largest absolute Gasteiger partial charge is 0.370 e. The van der Waals surface area contributed by atoms with Crippen molar-refractivity contribution < 1.29 is 4.79 Å². The molecule has 2 fully saturated rings. The second-order valence-corrected chi connectivity index (χ2v) is 5.02. The van der Waals surface area contributed by atoms with Crippen molar-refractivity contribution in [1.29, 1.82) is 0 Å². The lowest BCUT2D eigenvalue weighted by atomic mass is 9.96. The van der Waals surface area contributed by atoms with Crippen molar-refractivity contribution in [3.8, 4) is 0 Å². The van der Waals surface area contributed by atoms with Crippen LogP contribution < -0.4 is 5.73 Å². The summed E-state index contributed by atoms with van der Waals surface area (Å²) < 4.78 is 0. The fourth-order valence-corrected chi connectivity index (χ4v) is 2.43. The molecule has 1 heterocycles. The van der Waals surface area contributed by atoms with Crippen LogP contribution in [0.3, 0.4) is 0 Å². The number of guanidine groups is 1. The summed E-state index contributed by atoms with van der Waals surface area (Å²) in [6.45, 7) is 1.91. The van der Waals surface area contributed by atoms with Crippen LogP contribution in [0.4, 0.5) is 0 Å². The zero-order valence-electron chi connectivity index (χ0n) is 10.6. The first-order chi connectivity index (χ1) is 8.16. The smallest absolute Gasteiger partial charge is 0.242 e. The van der Waals surface area contributed by atoms with E-state index in [1.807, 2.05) is 11.9 Å². The maximum Gasteiger partial charge on any atom is 0.242 e. The molecule has 1 aliphatic heterocycles. The first kappa shape index (κ1) is 12.2. The van der Waals surface area contributed by atoms with Gasteiger partial charge in [-0.2, -0.15) is 0 Å². The van der Waals surface area contributed by atoms with Gasteiger partial charge in [0, 0.05) is 20.1 Å². The van der Waals surface area contributed by atoms with Gasteiger partial charge in [0.2, 0.25) is 5.91 Å². The summed E-state index contributed by atoms with van der Waals surface area (Å²) in [6.07, 6.45) is 6.11. The van der Waals surface area contributed by atoms with Crippen LogP contribution in [-0.4, -0.2) is 54.4 Å². The third-order valence-corrected chi connectivity index (χ3v) is 3.67. The molecule has 0 aromatic carbocycles. The second-order valence-electron chi connectivity index (χ2n) is 5.02. The van der Waals surface area contributed by atoms with Gasteiger partial charge in [-0.25, -0.2) is 4.99 Å². The average molecular weight is 238 g/mol. The predicted molar refractivity (Wildman–Crippen MR) is 67.7 cm³/mol. The molecule has 0 unspecified atom stereocenters. The van der Waals surface area contributed by atoms with Gasteiger partial charge in [0.05, 0.1) is 12.6 Å². The molecule has 0 aromatic heterocycles. The second kappa shape index (κ2) is 5.38. The van der Waals surface area contributed by atoms with E-state index < -0.39 is 0 Å². The number of hydrogen-bond donors (Lipinski definition) is 1. The number of amides is 1. The van der Waals surface area contributed by atoms with Crippen LogP contribution in [0.25, 0.3) is 0 Å². The zero-order chi connectivity index (χ0) is 12.3. The van der Waals surface area contributed by atoms with Crippen LogP contribution in [0.5, 0.6) is 0 Å². The minimum absolute atomic E-state index is 0.123. The van der Waals surface area contributed by atoms with Crippen LogP contribution >= 0.6 is 0 Å². The Morgan fingerprint density at radius 3 is 2.65 bits per heavy atom. The molecule has 5 nitrogen and oxygen atoms in total. The molecule has 2 N–H and O–H groups in total. The van der Waals surface area contributed by atoms with Crippen LogP contribution in [0.1, 0.15) is 32.1 Å². The van der Waals surface area contributed by atoms with E-state index in [1.54, 1.807) is 4.90 Å². The summed E-state index contributed by atoms with van der Waals surface area (Å²) >= 11 is 0. The lowest BCUT2D eigenvalue weighted by Crippen LogP contribution is -2.53. The van der Waals surface area contributed by atoms with Gasteiger partial charge in [0.25, 0.3) is 0 Å². The summed E-state index contributed by atoms with van der Waals surface area (Å²) in [4.78, 5) is 19.8. The number of piperazine rings is 1. The number of hydrogen-bond acceptors (Lipinski definition) is 2. The first-order valence-electron chi connectivity index (χ1n) is 6.49. The molecule has 0 radical (unpaired) electrons. The van der Waals surface area contributed by atoms with E-state index in [1.165, 1.54) is 19.3 Å². The summed E-state index contributed by atoms with van der Waals surface area (Å²) in [7, 11) is 1.83. The quantitative estimate of drug-likeness (QED) is 0.531. The Labute approximate surface area is 103 Å². The summed E-state index contributed by atoms with van der Waals surface area (Å²) in [5.74, 6) is 0.677.